The van der Waals surface area contributed by atoms with Crippen molar-refractivity contribution in [1.82, 2.24) is 10.4 Å². The molecule has 0 aliphatic carbocycles. The molecular formula is C20H18BrN3O2. The van der Waals surface area contributed by atoms with Gasteiger partial charge in [-0.25, -0.2) is 10.4 Å². The summed E-state index contributed by atoms with van der Waals surface area (Å²) in [5, 5.41) is 5.03. The summed E-state index contributed by atoms with van der Waals surface area (Å²) in [6.45, 7) is 2.67. The minimum Gasteiger partial charge on any atom is -0.493 e. The van der Waals surface area contributed by atoms with E-state index in [-0.39, 0.29) is 5.91 Å². The predicted molar refractivity (Wildman–Crippen MR) is 107 cm³/mol. The van der Waals surface area contributed by atoms with Gasteiger partial charge in [-0.15, -0.1) is 0 Å². The SMILES string of the molecule is CCCOc1ccc(Br)cc1C=NNC(=O)c1ccc2ccccc2n1. The molecule has 0 unspecified atom stereocenters. The van der Waals surface area contributed by atoms with Crippen LogP contribution in [-0.4, -0.2) is 23.7 Å². The van der Waals surface area contributed by atoms with E-state index in [0.29, 0.717) is 12.3 Å². The molecule has 26 heavy (non-hydrogen) atoms. The maximum absolute atomic E-state index is 12.3. The first-order chi connectivity index (χ1) is 12.7. The number of aromatic nitrogens is 1. The zero-order valence-electron chi connectivity index (χ0n) is 14.3. The average Bonchev–Trinajstić information content (AvgIpc) is 2.67. The first kappa shape index (κ1) is 18.1. The number of carbonyl (C=O) groups excluding carboxylic acids is 1. The number of benzene rings is 2. The van der Waals surface area contributed by atoms with Crippen LogP contribution in [0, 0.1) is 0 Å². The van der Waals surface area contributed by atoms with Gasteiger partial charge in [0.2, 0.25) is 0 Å². The summed E-state index contributed by atoms with van der Waals surface area (Å²) < 4.78 is 6.60. The van der Waals surface area contributed by atoms with E-state index < -0.39 is 0 Å². The van der Waals surface area contributed by atoms with Gasteiger partial charge in [-0.05, 0) is 36.8 Å². The van der Waals surface area contributed by atoms with E-state index >= 15 is 0 Å². The third-order valence-corrected chi connectivity index (χ3v) is 4.13. The van der Waals surface area contributed by atoms with Crippen molar-refractivity contribution in [3.8, 4) is 5.75 Å². The molecule has 0 atom stereocenters. The third-order valence-electron chi connectivity index (χ3n) is 3.63. The van der Waals surface area contributed by atoms with Crippen LogP contribution in [0.4, 0.5) is 0 Å². The highest BCUT2D eigenvalue weighted by molar-refractivity contribution is 9.10. The molecule has 1 amide bonds. The van der Waals surface area contributed by atoms with Gasteiger partial charge in [-0.2, -0.15) is 5.10 Å². The molecule has 0 bridgehead atoms. The van der Waals surface area contributed by atoms with E-state index in [1.165, 1.54) is 0 Å². The van der Waals surface area contributed by atoms with Crippen molar-refractivity contribution in [3.05, 3.63) is 70.3 Å². The van der Waals surface area contributed by atoms with Crippen molar-refractivity contribution in [2.75, 3.05) is 6.61 Å². The second-order valence-electron chi connectivity index (χ2n) is 5.62. The number of hydrogen-bond acceptors (Lipinski definition) is 4. The quantitative estimate of drug-likeness (QED) is 0.477. The van der Waals surface area contributed by atoms with E-state index in [9.17, 15) is 4.79 Å². The lowest BCUT2D eigenvalue weighted by Gasteiger charge is -2.08. The molecule has 3 rings (SSSR count). The lowest BCUT2D eigenvalue weighted by atomic mass is 10.2. The summed E-state index contributed by atoms with van der Waals surface area (Å²) in [5.41, 5.74) is 4.38. The normalized spacial score (nSPS) is 11.0. The maximum Gasteiger partial charge on any atom is 0.289 e. The molecule has 132 valence electrons. The molecule has 1 aromatic heterocycles. The first-order valence-electron chi connectivity index (χ1n) is 8.29. The van der Waals surface area contributed by atoms with Gasteiger partial charge in [-0.3, -0.25) is 4.79 Å². The monoisotopic (exact) mass is 411 g/mol. The van der Waals surface area contributed by atoms with E-state index in [2.05, 4.69) is 31.4 Å². The third kappa shape index (κ3) is 4.46. The fraction of sp³-hybridized carbons (Fsp3) is 0.150. The van der Waals surface area contributed by atoms with Crippen molar-refractivity contribution in [1.29, 1.82) is 0 Å². The molecule has 0 radical (unpaired) electrons. The van der Waals surface area contributed by atoms with Gasteiger partial charge in [-0.1, -0.05) is 47.1 Å². The van der Waals surface area contributed by atoms with E-state index in [1.807, 2.05) is 55.5 Å². The molecule has 5 nitrogen and oxygen atoms in total. The van der Waals surface area contributed by atoms with Gasteiger partial charge in [0.05, 0.1) is 18.3 Å². The molecule has 0 aliphatic rings. The van der Waals surface area contributed by atoms with Gasteiger partial charge in [0.1, 0.15) is 11.4 Å². The van der Waals surface area contributed by atoms with Gasteiger partial charge in [0.25, 0.3) is 5.91 Å². The molecule has 3 aromatic rings. The Morgan fingerprint density at radius 3 is 2.92 bits per heavy atom. The number of pyridine rings is 1. The zero-order valence-corrected chi connectivity index (χ0v) is 15.9. The minimum atomic E-state index is -0.363. The molecule has 2 aromatic carbocycles. The van der Waals surface area contributed by atoms with E-state index in [1.54, 1.807) is 12.3 Å². The highest BCUT2D eigenvalue weighted by atomic mass is 79.9. The Balaban J connectivity index is 1.73. The molecule has 0 fully saturated rings. The Kier molecular flexibility index (Phi) is 5.96. The van der Waals surface area contributed by atoms with Crippen LogP contribution in [0.3, 0.4) is 0 Å². The molecule has 6 heteroatoms. The van der Waals surface area contributed by atoms with Crippen molar-refractivity contribution >= 4 is 39.0 Å². The highest BCUT2D eigenvalue weighted by Gasteiger charge is 2.07. The van der Waals surface area contributed by atoms with Crippen LogP contribution in [-0.2, 0) is 0 Å². The van der Waals surface area contributed by atoms with E-state index in [0.717, 1.165) is 33.1 Å². The molecule has 0 saturated carbocycles. The highest BCUT2D eigenvalue weighted by Crippen LogP contribution is 2.22. The Morgan fingerprint density at radius 2 is 2.08 bits per heavy atom. The van der Waals surface area contributed by atoms with Crippen LogP contribution >= 0.6 is 15.9 Å². The largest absolute Gasteiger partial charge is 0.493 e. The summed E-state index contributed by atoms with van der Waals surface area (Å²) in [4.78, 5) is 16.6. The first-order valence-corrected chi connectivity index (χ1v) is 9.08. The number of nitrogens with one attached hydrogen (secondary N) is 1. The number of halogens is 1. The lowest BCUT2D eigenvalue weighted by Crippen LogP contribution is -2.19. The van der Waals surface area contributed by atoms with Crippen LogP contribution in [0.25, 0.3) is 10.9 Å². The Labute approximate surface area is 160 Å². The Morgan fingerprint density at radius 1 is 1.23 bits per heavy atom. The van der Waals surface area contributed by atoms with Crippen LogP contribution in [0.15, 0.2) is 64.2 Å². The predicted octanol–water partition coefficient (Wildman–Crippen LogP) is 4.55. The van der Waals surface area contributed by atoms with Gasteiger partial charge in [0, 0.05) is 15.4 Å². The maximum atomic E-state index is 12.3. The molecular weight excluding hydrogens is 394 g/mol. The summed E-state index contributed by atoms with van der Waals surface area (Å²) in [7, 11) is 0. The number of para-hydroxylation sites is 1. The molecule has 1 heterocycles. The van der Waals surface area contributed by atoms with Crippen LogP contribution in [0.5, 0.6) is 5.75 Å². The van der Waals surface area contributed by atoms with Crippen LogP contribution in [0.1, 0.15) is 29.4 Å². The fourth-order valence-corrected chi connectivity index (χ4v) is 2.75. The fourth-order valence-electron chi connectivity index (χ4n) is 2.37. The van der Waals surface area contributed by atoms with Crippen molar-refractivity contribution < 1.29 is 9.53 Å². The number of rotatable bonds is 6. The number of amides is 1. The molecule has 1 N–H and O–H groups in total. The van der Waals surface area contributed by atoms with Gasteiger partial charge >= 0.3 is 0 Å². The Bertz CT molecular complexity index is 957. The molecule has 0 spiro atoms. The number of carbonyl (C=O) groups is 1. The average molecular weight is 412 g/mol. The van der Waals surface area contributed by atoms with Crippen molar-refractivity contribution in [2.45, 2.75) is 13.3 Å². The number of nitrogens with zero attached hydrogens (tertiary/aromatic N) is 2. The number of hydrogen-bond donors (Lipinski definition) is 1. The Hall–Kier alpha value is -2.73. The summed E-state index contributed by atoms with van der Waals surface area (Å²) >= 11 is 3.43. The van der Waals surface area contributed by atoms with Crippen molar-refractivity contribution in [3.63, 3.8) is 0 Å². The summed E-state index contributed by atoms with van der Waals surface area (Å²) in [6.07, 6.45) is 2.48. The summed E-state index contributed by atoms with van der Waals surface area (Å²) in [5.74, 6) is 0.356. The molecule has 0 aliphatic heterocycles. The van der Waals surface area contributed by atoms with Gasteiger partial charge in [0.15, 0.2) is 0 Å². The van der Waals surface area contributed by atoms with Crippen molar-refractivity contribution in [2.24, 2.45) is 5.10 Å². The number of fused-ring (bicyclic) bond motifs is 1. The minimum absolute atomic E-state index is 0.317. The summed E-state index contributed by atoms with van der Waals surface area (Å²) in [6, 6.07) is 16.8. The van der Waals surface area contributed by atoms with E-state index in [4.69, 9.17) is 4.74 Å². The lowest BCUT2D eigenvalue weighted by molar-refractivity contribution is 0.0950. The smallest absolute Gasteiger partial charge is 0.289 e. The van der Waals surface area contributed by atoms with Crippen LogP contribution < -0.4 is 10.2 Å². The molecule has 0 saturated heterocycles. The topological polar surface area (TPSA) is 63.6 Å². The van der Waals surface area contributed by atoms with Gasteiger partial charge < -0.3 is 4.74 Å². The zero-order chi connectivity index (χ0) is 18.4. The number of hydrazone groups is 1. The van der Waals surface area contributed by atoms with Crippen LogP contribution in [0.2, 0.25) is 0 Å². The second-order valence-corrected chi connectivity index (χ2v) is 6.53. The number of ether oxygens (including phenoxy) is 1. The standard InChI is InChI=1S/C20H18BrN3O2/c1-2-11-26-19-10-8-16(21)12-15(19)13-22-24-20(25)18-9-7-14-5-3-4-6-17(14)23-18/h3-10,12-13H,2,11H2,1H3,(H,24,25). The second kappa shape index (κ2) is 8.58.